The molecule has 0 radical (unpaired) electrons. The molecule has 2 aromatic rings. The van der Waals surface area contributed by atoms with E-state index < -0.39 is 22.0 Å². The molecule has 0 spiro atoms. The highest BCUT2D eigenvalue weighted by atomic mass is 32.2. The Morgan fingerprint density at radius 2 is 1.29 bits per heavy atom. The minimum absolute atomic E-state index is 0.0213. The number of carbonyl (C=O) groups is 2. The lowest BCUT2D eigenvalue weighted by Gasteiger charge is -2.24. The smallest absolute Gasteiger partial charge is 0.333 e. The zero-order valence-corrected chi connectivity index (χ0v) is 19.0. The summed E-state index contributed by atoms with van der Waals surface area (Å²) in [6.45, 7) is 0. The Kier molecular flexibility index (Phi) is 7.93. The Bertz CT molecular complexity index is 1260. The predicted molar refractivity (Wildman–Crippen MR) is 122 cm³/mol. The van der Waals surface area contributed by atoms with E-state index in [1.165, 1.54) is 24.3 Å². The summed E-state index contributed by atoms with van der Waals surface area (Å²) in [4.78, 5) is 28.4. The summed E-state index contributed by atoms with van der Waals surface area (Å²) < 4.78 is 27.4. The first-order chi connectivity index (χ1) is 16.1. The Labute approximate surface area is 198 Å². The fraction of sp³-hybridized carbons (Fsp3) is 0.100. The number of nitrogens with two attached hydrogens (primary N) is 2. The molecule has 1 aliphatic rings. The predicted octanol–water partition coefficient (Wildman–Crippen LogP) is 2.16. The van der Waals surface area contributed by atoms with E-state index in [1.54, 1.807) is 24.3 Å². The minimum atomic E-state index is -3.89. The minimum Gasteiger partial charge on any atom is -0.478 e. The second-order valence-corrected chi connectivity index (χ2v) is 9.31. The summed E-state index contributed by atoms with van der Waals surface area (Å²) in [7, 11) is -3.89. The highest BCUT2D eigenvalue weighted by Crippen LogP contribution is 2.33. The maximum atomic E-state index is 11.9. The van der Waals surface area contributed by atoms with Gasteiger partial charge in [-0.25, -0.2) is 23.1 Å². The first-order valence-electron chi connectivity index (χ1n) is 9.46. The van der Waals surface area contributed by atoms with Crippen molar-refractivity contribution in [1.29, 1.82) is 0 Å². The average Bonchev–Trinajstić information content (AvgIpc) is 2.78. The number of carboxylic acid groups (broad SMARTS) is 2. The number of hydrogen-bond acceptors (Lipinski definition) is 10. The van der Waals surface area contributed by atoms with Crippen LogP contribution in [0.1, 0.15) is 12.8 Å². The van der Waals surface area contributed by atoms with Gasteiger partial charge in [0, 0.05) is 40.5 Å². The molecular weight excluding hydrogens is 488 g/mol. The number of hydrogen-bond donors (Lipinski definition) is 6. The fourth-order valence-electron chi connectivity index (χ4n) is 3.16. The lowest BCUT2D eigenvalue weighted by Crippen LogP contribution is -2.23. The molecule has 0 atom stereocenters. The first-order valence-corrected chi connectivity index (χ1v) is 11.7. The van der Waals surface area contributed by atoms with Crippen LogP contribution in [-0.2, 0) is 28.9 Å². The number of aliphatic carboxylic acids is 2. The van der Waals surface area contributed by atoms with Gasteiger partial charge in [-0.1, -0.05) is 0 Å². The topological polar surface area (TPSA) is 203 Å². The van der Waals surface area contributed by atoms with Gasteiger partial charge in [0.15, 0.2) is 0 Å². The molecule has 1 aliphatic carbocycles. The Hall–Kier alpha value is -3.40. The number of rotatable bonds is 10. The number of nitrogens with one attached hydrogen (secondary N) is 2. The molecule has 0 saturated carbocycles. The average molecular weight is 509 g/mol. The second-order valence-electron chi connectivity index (χ2n) is 6.97. The van der Waals surface area contributed by atoms with Crippen molar-refractivity contribution in [2.45, 2.75) is 22.6 Å². The lowest BCUT2D eigenvalue weighted by molar-refractivity contribution is -0.195. The summed E-state index contributed by atoms with van der Waals surface area (Å²) >= 11 is 0.873. The van der Waals surface area contributed by atoms with E-state index in [0.29, 0.717) is 16.3 Å². The van der Waals surface area contributed by atoms with E-state index in [-0.39, 0.29) is 40.3 Å². The van der Waals surface area contributed by atoms with E-state index in [2.05, 4.69) is 20.0 Å². The molecular formula is C20H20N4O8S2. The third-order valence-corrected chi connectivity index (χ3v) is 6.29. The van der Waals surface area contributed by atoms with Crippen molar-refractivity contribution in [2.75, 3.05) is 10.6 Å². The van der Waals surface area contributed by atoms with Crippen LogP contribution >= 0.6 is 12.0 Å². The van der Waals surface area contributed by atoms with Crippen LogP contribution in [0.2, 0.25) is 0 Å². The molecule has 180 valence electrons. The van der Waals surface area contributed by atoms with Crippen molar-refractivity contribution >= 4 is 45.4 Å². The quantitative estimate of drug-likeness (QED) is 0.155. The van der Waals surface area contributed by atoms with Crippen LogP contribution in [0.3, 0.4) is 0 Å². The van der Waals surface area contributed by atoms with Crippen LogP contribution in [0.4, 0.5) is 11.4 Å². The van der Waals surface area contributed by atoms with Gasteiger partial charge in [0.05, 0.1) is 28.1 Å². The molecule has 0 heterocycles. The molecule has 0 unspecified atom stereocenters. The number of carboxylic acids is 2. The summed E-state index contributed by atoms with van der Waals surface area (Å²) in [6.07, 6.45) is -0.388. The molecule has 0 amide bonds. The largest absolute Gasteiger partial charge is 0.478 e. The fourth-order valence-corrected chi connectivity index (χ4v) is 4.04. The van der Waals surface area contributed by atoms with Crippen molar-refractivity contribution in [3.63, 3.8) is 0 Å². The molecule has 14 heteroatoms. The van der Waals surface area contributed by atoms with Gasteiger partial charge in [0.25, 0.3) is 0 Å². The highest BCUT2D eigenvalue weighted by molar-refractivity contribution is 7.94. The maximum Gasteiger partial charge on any atom is 0.333 e. The molecule has 0 aromatic heterocycles. The van der Waals surface area contributed by atoms with E-state index >= 15 is 0 Å². The molecule has 0 bridgehead atoms. The van der Waals surface area contributed by atoms with Crippen molar-refractivity contribution < 1.29 is 37.5 Å². The number of benzene rings is 2. The van der Waals surface area contributed by atoms with E-state index in [9.17, 15) is 28.2 Å². The monoisotopic (exact) mass is 508 g/mol. The van der Waals surface area contributed by atoms with Gasteiger partial charge in [-0.3, -0.25) is 0 Å². The Morgan fingerprint density at radius 1 is 0.853 bits per heavy atom. The van der Waals surface area contributed by atoms with Crippen LogP contribution in [0, 0.1) is 0 Å². The first kappa shape index (κ1) is 25.2. The van der Waals surface area contributed by atoms with Gasteiger partial charge < -0.3 is 20.8 Å². The van der Waals surface area contributed by atoms with E-state index in [4.69, 9.17) is 11.0 Å². The van der Waals surface area contributed by atoms with Crippen LogP contribution in [-0.4, -0.2) is 30.6 Å². The third-order valence-electron chi connectivity index (χ3n) is 4.75. The van der Waals surface area contributed by atoms with Crippen LogP contribution < -0.4 is 21.7 Å². The molecule has 34 heavy (non-hydrogen) atoms. The van der Waals surface area contributed by atoms with Crippen molar-refractivity contribution in [1.82, 2.24) is 0 Å². The second kappa shape index (κ2) is 10.7. The number of sulfonamides is 1. The van der Waals surface area contributed by atoms with Gasteiger partial charge in [-0.2, -0.15) is 5.90 Å². The maximum absolute atomic E-state index is 11.9. The zero-order valence-electron chi connectivity index (χ0n) is 17.3. The molecule has 0 aliphatic heterocycles. The van der Waals surface area contributed by atoms with E-state index in [1.807, 2.05) is 0 Å². The summed E-state index contributed by atoms with van der Waals surface area (Å²) in [5.74, 6) is 2.36. The highest BCUT2D eigenvalue weighted by Gasteiger charge is 2.28. The lowest BCUT2D eigenvalue weighted by atomic mass is 9.92. The number of anilines is 2. The molecule has 0 saturated heterocycles. The van der Waals surface area contributed by atoms with Crippen molar-refractivity contribution in [2.24, 2.45) is 11.0 Å². The van der Waals surface area contributed by atoms with Gasteiger partial charge in [-0.05, 0) is 48.5 Å². The van der Waals surface area contributed by atoms with Crippen molar-refractivity contribution in [3.8, 4) is 0 Å². The van der Waals surface area contributed by atoms with Crippen LogP contribution in [0.25, 0.3) is 0 Å². The Balaban J connectivity index is 1.84. The van der Waals surface area contributed by atoms with Gasteiger partial charge in [0.1, 0.15) is 0 Å². The van der Waals surface area contributed by atoms with E-state index in [0.717, 1.165) is 12.0 Å². The summed E-state index contributed by atoms with van der Waals surface area (Å²) in [5.41, 5.74) is 1.24. The van der Waals surface area contributed by atoms with Crippen LogP contribution in [0.5, 0.6) is 0 Å². The molecule has 12 nitrogen and oxygen atoms in total. The van der Waals surface area contributed by atoms with Gasteiger partial charge in [0.2, 0.25) is 10.0 Å². The third kappa shape index (κ3) is 6.34. The molecule has 0 fully saturated rings. The zero-order chi connectivity index (χ0) is 24.9. The normalized spacial score (nSPS) is 14.2. The number of primary sulfonamides is 1. The van der Waals surface area contributed by atoms with Gasteiger partial charge in [-0.15, -0.1) is 9.32 Å². The van der Waals surface area contributed by atoms with Crippen LogP contribution in [0.15, 0.2) is 80.9 Å². The molecule has 3 rings (SSSR count). The standard InChI is InChI=1S/C20H20N4O8S2/c21-31-32-33-13-5-1-11(2-6-13)23-17-9-16(20(27)28)18(10-15(17)19(25)26)24-12-3-7-14(8-4-12)34(22,29)30/h1-8,23-24H,9-10,21H2,(H,25,26)(H,27,28)(H2,22,29,30). The van der Waals surface area contributed by atoms with Gasteiger partial charge >= 0.3 is 11.9 Å². The molecule has 8 N–H and O–H groups in total. The SMILES string of the molecule is NOOSc1ccc(NC2=C(C(=O)O)CC(Nc3ccc(S(N)(=O)=O)cc3)=C(C(=O)O)C2)cc1. The van der Waals surface area contributed by atoms with Crippen molar-refractivity contribution in [3.05, 3.63) is 71.1 Å². The number of allylic oxidation sites excluding steroid dienone is 2. The summed E-state index contributed by atoms with van der Waals surface area (Å²) in [5, 5.41) is 30.4. The molecule has 2 aromatic carbocycles. The summed E-state index contributed by atoms with van der Waals surface area (Å²) in [6, 6.07) is 12.0. The Morgan fingerprint density at radius 3 is 1.68 bits per heavy atom.